The quantitative estimate of drug-likeness (QED) is 0.899. The van der Waals surface area contributed by atoms with Crippen molar-refractivity contribution in [1.29, 1.82) is 0 Å². The van der Waals surface area contributed by atoms with Crippen molar-refractivity contribution < 1.29 is 0 Å². The third-order valence-electron chi connectivity index (χ3n) is 3.90. The summed E-state index contributed by atoms with van der Waals surface area (Å²) in [5.74, 6) is 0.822. The van der Waals surface area contributed by atoms with Crippen molar-refractivity contribution in [2.45, 2.75) is 25.8 Å². The van der Waals surface area contributed by atoms with Gasteiger partial charge in [-0.05, 0) is 70.1 Å². The van der Waals surface area contributed by atoms with E-state index in [0.717, 1.165) is 17.5 Å². The molecule has 1 N–H and O–H groups in total. The Morgan fingerprint density at radius 1 is 1.39 bits per heavy atom. The first-order chi connectivity index (χ1) is 8.65. The molecular formula is C15H23ClN2. The maximum Gasteiger partial charge on any atom is 0.0409 e. The minimum atomic E-state index is 0.378. The Hall–Kier alpha value is -0.570. The summed E-state index contributed by atoms with van der Waals surface area (Å²) in [6.45, 7) is 5.79. The molecule has 1 atom stereocenters. The second-order valence-corrected chi connectivity index (χ2v) is 5.87. The molecule has 1 heterocycles. The fraction of sp³-hybridized carbons (Fsp3) is 0.600. The van der Waals surface area contributed by atoms with Crippen molar-refractivity contribution in [3.05, 3.63) is 34.9 Å². The zero-order valence-corrected chi connectivity index (χ0v) is 12.1. The van der Waals surface area contributed by atoms with Crippen molar-refractivity contribution in [3.63, 3.8) is 0 Å². The molecule has 3 heteroatoms. The van der Waals surface area contributed by atoms with E-state index < -0.39 is 0 Å². The van der Waals surface area contributed by atoms with Crippen LogP contribution in [0.2, 0.25) is 5.02 Å². The first-order valence-electron chi connectivity index (χ1n) is 6.82. The number of rotatable bonds is 4. The van der Waals surface area contributed by atoms with E-state index in [0.29, 0.717) is 6.04 Å². The molecule has 2 rings (SSSR count). The molecule has 1 aliphatic rings. The average molecular weight is 267 g/mol. The van der Waals surface area contributed by atoms with Crippen LogP contribution in [0.3, 0.4) is 0 Å². The second kappa shape index (κ2) is 6.55. The number of nitrogens with one attached hydrogen (secondary N) is 1. The van der Waals surface area contributed by atoms with Crippen molar-refractivity contribution >= 4 is 11.6 Å². The molecule has 0 amide bonds. The molecule has 0 spiro atoms. The van der Waals surface area contributed by atoms with Gasteiger partial charge in [0.05, 0.1) is 0 Å². The standard InChI is InChI=1S/C15H23ClN2/c1-12(14-4-3-5-15(16)10-14)17-11-13-6-8-18(2)9-7-13/h3-5,10,12-13,17H,6-9,11H2,1-2H3. The number of nitrogens with zero attached hydrogens (tertiary/aromatic N) is 1. The summed E-state index contributed by atoms with van der Waals surface area (Å²) in [5, 5.41) is 4.45. The van der Waals surface area contributed by atoms with Crippen LogP contribution in [-0.4, -0.2) is 31.6 Å². The van der Waals surface area contributed by atoms with Gasteiger partial charge in [0.1, 0.15) is 0 Å². The lowest BCUT2D eigenvalue weighted by Gasteiger charge is -2.30. The van der Waals surface area contributed by atoms with Gasteiger partial charge in [-0.3, -0.25) is 0 Å². The van der Waals surface area contributed by atoms with Gasteiger partial charge in [-0.2, -0.15) is 0 Å². The summed E-state index contributed by atoms with van der Waals surface area (Å²) < 4.78 is 0. The summed E-state index contributed by atoms with van der Waals surface area (Å²) in [4.78, 5) is 2.41. The van der Waals surface area contributed by atoms with E-state index in [1.165, 1.54) is 31.5 Å². The van der Waals surface area contributed by atoms with E-state index in [-0.39, 0.29) is 0 Å². The van der Waals surface area contributed by atoms with Crippen LogP contribution in [0.4, 0.5) is 0 Å². The average Bonchev–Trinajstić information content (AvgIpc) is 2.38. The molecule has 0 bridgehead atoms. The van der Waals surface area contributed by atoms with Gasteiger partial charge in [-0.15, -0.1) is 0 Å². The molecule has 0 saturated carbocycles. The minimum Gasteiger partial charge on any atom is -0.310 e. The maximum atomic E-state index is 6.02. The van der Waals surface area contributed by atoms with Gasteiger partial charge in [0.25, 0.3) is 0 Å². The fourth-order valence-electron chi connectivity index (χ4n) is 2.50. The van der Waals surface area contributed by atoms with Gasteiger partial charge in [0, 0.05) is 11.1 Å². The SMILES string of the molecule is CC(NCC1CCN(C)CC1)c1cccc(Cl)c1. The lowest BCUT2D eigenvalue weighted by molar-refractivity contribution is 0.213. The predicted molar refractivity (Wildman–Crippen MR) is 78.1 cm³/mol. The van der Waals surface area contributed by atoms with E-state index in [4.69, 9.17) is 11.6 Å². The minimum absolute atomic E-state index is 0.378. The fourth-order valence-corrected chi connectivity index (χ4v) is 2.70. The summed E-state index contributed by atoms with van der Waals surface area (Å²) in [5.41, 5.74) is 1.27. The van der Waals surface area contributed by atoms with Gasteiger partial charge in [-0.1, -0.05) is 23.7 Å². The van der Waals surface area contributed by atoms with Gasteiger partial charge in [0.2, 0.25) is 0 Å². The van der Waals surface area contributed by atoms with Crippen molar-refractivity contribution in [2.75, 3.05) is 26.7 Å². The molecule has 0 aliphatic carbocycles. The normalized spacial score (nSPS) is 19.9. The van der Waals surface area contributed by atoms with Crippen LogP contribution in [0.1, 0.15) is 31.4 Å². The Labute approximate surface area is 115 Å². The van der Waals surface area contributed by atoms with Crippen LogP contribution in [0.5, 0.6) is 0 Å². The van der Waals surface area contributed by atoms with E-state index in [2.05, 4.69) is 30.3 Å². The highest BCUT2D eigenvalue weighted by molar-refractivity contribution is 6.30. The Bertz CT molecular complexity index is 373. The number of benzene rings is 1. The second-order valence-electron chi connectivity index (χ2n) is 5.43. The molecule has 0 radical (unpaired) electrons. The molecule has 1 aromatic carbocycles. The highest BCUT2D eigenvalue weighted by Crippen LogP contribution is 2.19. The molecule has 1 aromatic rings. The van der Waals surface area contributed by atoms with Crippen LogP contribution in [0, 0.1) is 5.92 Å². The summed E-state index contributed by atoms with van der Waals surface area (Å²) in [6.07, 6.45) is 2.62. The Balaban J connectivity index is 1.79. The molecule has 2 nitrogen and oxygen atoms in total. The summed E-state index contributed by atoms with van der Waals surface area (Å²) in [7, 11) is 2.21. The third-order valence-corrected chi connectivity index (χ3v) is 4.13. The summed E-state index contributed by atoms with van der Waals surface area (Å²) in [6, 6.07) is 8.51. The maximum absolute atomic E-state index is 6.02. The highest BCUT2D eigenvalue weighted by atomic mass is 35.5. The molecule has 1 aliphatic heterocycles. The van der Waals surface area contributed by atoms with Gasteiger partial charge >= 0.3 is 0 Å². The zero-order chi connectivity index (χ0) is 13.0. The predicted octanol–water partition coefficient (Wildman–Crippen LogP) is 3.33. The van der Waals surface area contributed by atoms with E-state index in [1.807, 2.05) is 18.2 Å². The number of likely N-dealkylation sites (tertiary alicyclic amines) is 1. The number of hydrogen-bond acceptors (Lipinski definition) is 2. The lowest BCUT2D eigenvalue weighted by Crippen LogP contribution is -2.35. The number of piperidine rings is 1. The Kier molecular flexibility index (Phi) is 5.04. The third kappa shape index (κ3) is 3.98. The number of halogens is 1. The summed E-state index contributed by atoms with van der Waals surface area (Å²) >= 11 is 6.02. The van der Waals surface area contributed by atoms with E-state index in [9.17, 15) is 0 Å². The smallest absolute Gasteiger partial charge is 0.0409 e. The van der Waals surface area contributed by atoms with Gasteiger partial charge < -0.3 is 10.2 Å². The van der Waals surface area contributed by atoms with E-state index >= 15 is 0 Å². The monoisotopic (exact) mass is 266 g/mol. The molecule has 1 unspecified atom stereocenters. The molecule has 1 fully saturated rings. The highest BCUT2D eigenvalue weighted by Gasteiger charge is 2.17. The van der Waals surface area contributed by atoms with Crippen molar-refractivity contribution in [1.82, 2.24) is 10.2 Å². The topological polar surface area (TPSA) is 15.3 Å². The number of hydrogen-bond donors (Lipinski definition) is 1. The van der Waals surface area contributed by atoms with Crippen LogP contribution >= 0.6 is 11.6 Å². The molecule has 18 heavy (non-hydrogen) atoms. The Morgan fingerprint density at radius 3 is 2.78 bits per heavy atom. The van der Waals surface area contributed by atoms with Crippen molar-refractivity contribution in [2.24, 2.45) is 5.92 Å². The largest absolute Gasteiger partial charge is 0.310 e. The molecular weight excluding hydrogens is 244 g/mol. The first kappa shape index (κ1) is 13.9. The van der Waals surface area contributed by atoms with Gasteiger partial charge in [-0.25, -0.2) is 0 Å². The Morgan fingerprint density at radius 2 is 2.11 bits per heavy atom. The van der Waals surface area contributed by atoms with E-state index in [1.54, 1.807) is 0 Å². The van der Waals surface area contributed by atoms with Crippen LogP contribution in [-0.2, 0) is 0 Å². The first-order valence-corrected chi connectivity index (χ1v) is 7.20. The van der Waals surface area contributed by atoms with Gasteiger partial charge in [0.15, 0.2) is 0 Å². The zero-order valence-electron chi connectivity index (χ0n) is 11.3. The van der Waals surface area contributed by atoms with Crippen molar-refractivity contribution in [3.8, 4) is 0 Å². The van der Waals surface area contributed by atoms with Crippen LogP contribution in [0.15, 0.2) is 24.3 Å². The molecule has 1 saturated heterocycles. The van der Waals surface area contributed by atoms with Crippen LogP contribution < -0.4 is 5.32 Å². The van der Waals surface area contributed by atoms with Crippen LogP contribution in [0.25, 0.3) is 0 Å². The molecule has 100 valence electrons. The molecule has 0 aromatic heterocycles. The lowest BCUT2D eigenvalue weighted by atomic mass is 9.96.